The molecular formula is C14H10F2INO. The molecule has 0 saturated heterocycles. The van der Waals surface area contributed by atoms with E-state index >= 15 is 0 Å². The van der Waals surface area contributed by atoms with Crippen LogP contribution in [0.1, 0.15) is 5.56 Å². The monoisotopic (exact) mass is 373 g/mol. The number of anilines is 1. The molecule has 0 fully saturated rings. The highest BCUT2D eigenvalue weighted by Crippen LogP contribution is 2.18. The number of carbonyl (C=O) groups is 1. The van der Waals surface area contributed by atoms with E-state index < -0.39 is 17.5 Å². The molecule has 1 amide bonds. The van der Waals surface area contributed by atoms with E-state index in [1.54, 1.807) is 12.1 Å². The summed E-state index contributed by atoms with van der Waals surface area (Å²) in [7, 11) is 0. The molecule has 0 bridgehead atoms. The molecule has 5 heteroatoms. The Bertz CT molecular complexity index is 596. The fourth-order valence-corrected chi connectivity index (χ4v) is 2.14. The van der Waals surface area contributed by atoms with Crippen molar-refractivity contribution in [2.45, 2.75) is 6.42 Å². The maximum atomic E-state index is 13.4. The van der Waals surface area contributed by atoms with Gasteiger partial charge in [0.05, 0.1) is 12.1 Å². The molecule has 0 saturated carbocycles. The molecule has 0 radical (unpaired) electrons. The molecule has 1 N–H and O–H groups in total. The van der Waals surface area contributed by atoms with Crippen molar-refractivity contribution in [3.8, 4) is 0 Å². The Hall–Kier alpha value is -1.50. The summed E-state index contributed by atoms with van der Waals surface area (Å²) in [4.78, 5) is 11.8. The largest absolute Gasteiger partial charge is 0.325 e. The zero-order chi connectivity index (χ0) is 13.8. The third-order valence-electron chi connectivity index (χ3n) is 2.55. The topological polar surface area (TPSA) is 29.1 Å². The second-order valence-corrected chi connectivity index (χ2v) is 5.07. The Labute approximate surface area is 123 Å². The van der Waals surface area contributed by atoms with Crippen LogP contribution in [-0.4, -0.2) is 5.91 Å². The van der Waals surface area contributed by atoms with Gasteiger partial charge in [0.2, 0.25) is 5.91 Å². The zero-order valence-electron chi connectivity index (χ0n) is 9.79. The number of hydrogen-bond acceptors (Lipinski definition) is 1. The smallest absolute Gasteiger partial charge is 0.229 e. The summed E-state index contributed by atoms with van der Waals surface area (Å²) >= 11 is 2.08. The van der Waals surface area contributed by atoms with Crippen molar-refractivity contribution in [2.75, 3.05) is 5.32 Å². The molecule has 19 heavy (non-hydrogen) atoms. The van der Waals surface area contributed by atoms with Crippen molar-refractivity contribution in [3.63, 3.8) is 0 Å². The molecule has 0 atom stereocenters. The first-order chi connectivity index (χ1) is 9.08. The summed E-state index contributed by atoms with van der Waals surface area (Å²) in [5, 5.41) is 2.63. The van der Waals surface area contributed by atoms with E-state index in [4.69, 9.17) is 0 Å². The highest BCUT2D eigenvalue weighted by Gasteiger charge is 2.13. The number of para-hydroxylation sites is 1. The molecule has 0 aliphatic rings. The number of carbonyl (C=O) groups excluding carboxylic acids is 1. The minimum absolute atomic E-state index is 0.217. The molecule has 2 aromatic carbocycles. The Morgan fingerprint density at radius 3 is 2.32 bits per heavy atom. The van der Waals surface area contributed by atoms with Gasteiger partial charge < -0.3 is 5.32 Å². The minimum Gasteiger partial charge on any atom is -0.325 e. The maximum Gasteiger partial charge on any atom is 0.229 e. The number of amides is 1. The lowest BCUT2D eigenvalue weighted by atomic mass is 10.1. The number of hydrogen-bond donors (Lipinski definition) is 1. The predicted octanol–water partition coefficient (Wildman–Crippen LogP) is 3.75. The van der Waals surface area contributed by atoms with Gasteiger partial charge in [-0.3, -0.25) is 4.79 Å². The van der Waals surface area contributed by atoms with Gasteiger partial charge in [0, 0.05) is 9.13 Å². The fraction of sp³-hybridized carbons (Fsp3) is 0.0714. The van der Waals surface area contributed by atoms with Crippen LogP contribution < -0.4 is 5.32 Å². The second-order valence-electron chi connectivity index (χ2n) is 3.91. The van der Waals surface area contributed by atoms with Crippen molar-refractivity contribution in [1.29, 1.82) is 0 Å². The van der Waals surface area contributed by atoms with Crippen molar-refractivity contribution in [3.05, 3.63) is 63.2 Å². The van der Waals surface area contributed by atoms with Gasteiger partial charge in [-0.2, -0.15) is 0 Å². The molecule has 98 valence electrons. The van der Waals surface area contributed by atoms with E-state index in [1.807, 2.05) is 12.1 Å². The highest BCUT2D eigenvalue weighted by atomic mass is 127. The molecule has 0 unspecified atom stereocenters. The van der Waals surface area contributed by atoms with Crippen LogP contribution in [0.15, 0.2) is 42.5 Å². The normalized spacial score (nSPS) is 10.3. The van der Waals surface area contributed by atoms with E-state index in [1.165, 1.54) is 6.07 Å². The summed E-state index contributed by atoms with van der Waals surface area (Å²) in [6, 6.07) is 10.7. The number of halogens is 3. The molecule has 0 spiro atoms. The van der Waals surface area contributed by atoms with Gasteiger partial charge in [0.1, 0.15) is 11.6 Å². The van der Waals surface area contributed by atoms with Gasteiger partial charge >= 0.3 is 0 Å². The highest BCUT2D eigenvalue weighted by molar-refractivity contribution is 14.1. The van der Waals surface area contributed by atoms with Crippen LogP contribution in [0.2, 0.25) is 0 Å². The number of nitrogens with one attached hydrogen (secondary N) is 1. The van der Waals surface area contributed by atoms with Crippen molar-refractivity contribution in [1.82, 2.24) is 0 Å². The molecule has 0 aliphatic heterocycles. The molecule has 0 aromatic heterocycles. The van der Waals surface area contributed by atoms with Crippen LogP contribution in [-0.2, 0) is 11.2 Å². The summed E-state index contributed by atoms with van der Waals surface area (Å²) < 4.78 is 27.7. The van der Waals surface area contributed by atoms with Crippen LogP contribution in [0.25, 0.3) is 0 Å². The average molecular weight is 373 g/mol. The van der Waals surface area contributed by atoms with Crippen molar-refractivity contribution in [2.24, 2.45) is 0 Å². The van der Waals surface area contributed by atoms with Gasteiger partial charge in [0.25, 0.3) is 0 Å². The number of benzene rings is 2. The Morgan fingerprint density at radius 2 is 1.68 bits per heavy atom. The first kappa shape index (κ1) is 13.9. The zero-order valence-corrected chi connectivity index (χ0v) is 11.9. The standard InChI is InChI=1S/C14H10F2INO/c15-10-4-3-5-11(16)9(10)8-14(19)18-13-7-2-1-6-12(13)17/h1-7H,8H2,(H,18,19). The summed E-state index contributed by atoms with van der Waals surface area (Å²) in [6.45, 7) is 0. The number of rotatable bonds is 3. The van der Waals surface area contributed by atoms with Crippen LogP contribution in [0.3, 0.4) is 0 Å². The lowest BCUT2D eigenvalue weighted by Gasteiger charge is -2.08. The Balaban J connectivity index is 2.12. The second kappa shape index (κ2) is 6.10. The van der Waals surface area contributed by atoms with Crippen molar-refractivity contribution < 1.29 is 13.6 Å². The third kappa shape index (κ3) is 3.50. The molecule has 0 heterocycles. The van der Waals surface area contributed by atoms with E-state index in [2.05, 4.69) is 27.9 Å². The van der Waals surface area contributed by atoms with E-state index in [0.29, 0.717) is 5.69 Å². The Kier molecular flexibility index (Phi) is 4.47. The minimum atomic E-state index is -0.710. The molecule has 2 aromatic rings. The summed E-state index contributed by atoms with van der Waals surface area (Å²) in [5.74, 6) is -1.87. The molecule has 2 nitrogen and oxygen atoms in total. The first-order valence-corrected chi connectivity index (χ1v) is 6.63. The van der Waals surface area contributed by atoms with Gasteiger partial charge in [-0.15, -0.1) is 0 Å². The van der Waals surface area contributed by atoms with E-state index in [0.717, 1.165) is 15.7 Å². The predicted molar refractivity (Wildman–Crippen MR) is 77.9 cm³/mol. The summed E-state index contributed by atoms with van der Waals surface area (Å²) in [5.41, 5.74) is 0.413. The van der Waals surface area contributed by atoms with Gasteiger partial charge in [-0.25, -0.2) is 8.78 Å². The van der Waals surface area contributed by atoms with Gasteiger partial charge in [0.15, 0.2) is 0 Å². The maximum absolute atomic E-state index is 13.4. The lowest BCUT2D eigenvalue weighted by molar-refractivity contribution is -0.115. The first-order valence-electron chi connectivity index (χ1n) is 5.55. The quantitative estimate of drug-likeness (QED) is 0.816. The summed E-state index contributed by atoms with van der Waals surface area (Å²) in [6.07, 6.45) is -0.330. The molecular weight excluding hydrogens is 363 g/mol. The Morgan fingerprint density at radius 1 is 1.05 bits per heavy atom. The molecule has 2 rings (SSSR count). The third-order valence-corrected chi connectivity index (χ3v) is 3.49. The van der Waals surface area contributed by atoms with Gasteiger partial charge in [-0.1, -0.05) is 18.2 Å². The lowest BCUT2D eigenvalue weighted by Crippen LogP contribution is -2.16. The van der Waals surface area contributed by atoms with Crippen LogP contribution in [0, 0.1) is 15.2 Å². The SMILES string of the molecule is O=C(Cc1c(F)cccc1F)Nc1ccccc1I. The van der Waals surface area contributed by atoms with Crippen LogP contribution in [0.4, 0.5) is 14.5 Å². The van der Waals surface area contributed by atoms with Crippen molar-refractivity contribution >= 4 is 34.2 Å². The fourth-order valence-electron chi connectivity index (χ4n) is 1.62. The molecule has 0 aliphatic carbocycles. The van der Waals surface area contributed by atoms with E-state index in [9.17, 15) is 13.6 Å². The van der Waals surface area contributed by atoms with E-state index in [-0.39, 0.29) is 12.0 Å². The van der Waals surface area contributed by atoms with Crippen LogP contribution >= 0.6 is 22.6 Å². The average Bonchev–Trinajstić information content (AvgIpc) is 2.37. The van der Waals surface area contributed by atoms with Crippen LogP contribution in [0.5, 0.6) is 0 Å². The van der Waals surface area contributed by atoms with Gasteiger partial charge in [-0.05, 0) is 46.9 Å².